The van der Waals surface area contributed by atoms with Crippen molar-refractivity contribution in [3.8, 4) is 5.75 Å². The quantitative estimate of drug-likeness (QED) is 0.773. The van der Waals surface area contributed by atoms with Crippen LogP contribution in [0, 0.1) is 0 Å². The van der Waals surface area contributed by atoms with Crippen molar-refractivity contribution in [1.29, 1.82) is 0 Å². The van der Waals surface area contributed by atoms with E-state index in [0.717, 1.165) is 11.3 Å². The highest BCUT2D eigenvalue weighted by molar-refractivity contribution is 5.80. The Morgan fingerprint density at radius 1 is 1.39 bits per heavy atom. The van der Waals surface area contributed by atoms with E-state index in [-0.39, 0.29) is 12.5 Å². The Kier molecular flexibility index (Phi) is 5.65. The van der Waals surface area contributed by atoms with Crippen LogP contribution >= 0.6 is 0 Å². The summed E-state index contributed by atoms with van der Waals surface area (Å²) in [6.07, 6.45) is 0. The minimum atomic E-state index is -0.449. The van der Waals surface area contributed by atoms with Crippen molar-refractivity contribution >= 4 is 5.91 Å². The molecule has 1 unspecified atom stereocenters. The van der Waals surface area contributed by atoms with Crippen molar-refractivity contribution in [2.45, 2.75) is 32.7 Å². The third-order valence-corrected chi connectivity index (χ3v) is 2.74. The number of para-hydroxylation sites is 1. The van der Waals surface area contributed by atoms with E-state index in [2.05, 4.69) is 19.2 Å². The molecular formula is C14H22N2O2. The second-order valence-corrected chi connectivity index (χ2v) is 4.52. The van der Waals surface area contributed by atoms with Gasteiger partial charge in [0, 0.05) is 0 Å². The van der Waals surface area contributed by atoms with Crippen molar-refractivity contribution in [2.24, 2.45) is 5.73 Å². The molecule has 1 amide bonds. The summed E-state index contributed by atoms with van der Waals surface area (Å²) in [7, 11) is 0. The zero-order chi connectivity index (χ0) is 13.5. The molecule has 0 heterocycles. The van der Waals surface area contributed by atoms with Crippen LogP contribution in [0.25, 0.3) is 0 Å². The molecule has 1 atom stereocenters. The van der Waals surface area contributed by atoms with Crippen molar-refractivity contribution in [2.75, 3.05) is 13.2 Å². The highest BCUT2D eigenvalue weighted by atomic mass is 16.5. The number of nitrogens with one attached hydrogen (secondary N) is 1. The molecule has 0 fully saturated rings. The number of hydrogen-bond acceptors (Lipinski definition) is 3. The summed E-state index contributed by atoms with van der Waals surface area (Å²) in [6, 6.07) is 7.41. The number of carbonyl (C=O) groups is 1. The lowest BCUT2D eigenvalue weighted by atomic mass is 10.0. The van der Waals surface area contributed by atoms with Gasteiger partial charge in [-0.25, -0.2) is 0 Å². The molecule has 3 N–H and O–H groups in total. The molecule has 18 heavy (non-hydrogen) atoms. The number of nitrogens with two attached hydrogens (primary N) is 1. The topological polar surface area (TPSA) is 64.3 Å². The Labute approximate surface area is 109 Å². The number of rotatable bonds is 7. The van der Waals surface area contributed by atoms with E-state index >= 15 is 0 Å². The Morgan fingerprint density at radius 3 is 2.61 bits per heavy atom. The molecule has 0 aromatic heterocycles. The zero-order valence-electron chi connectivity index (χ0n) is 11.3. The molecule has 0 saturated heterocycles. The molecule has 0 bridgehead atoms. The van der Waals surface area contributed by atoms with E-state index in [1.54, 1.807) is 0 Å². The van der Waals surface area contributed by atoms with Crippen molar-refractivity contribution in [3.05, 3.63) is 29.8 Å². The number of ether oxygens (including phenoxy) is 1. The number of primary amides is 1. The van der Waals surface area contributed by atoms with Gasteiger partial charge in [-0.3, -0.25) is 4.79 Å². The van der Waals surface area contributed by atoms with Gasteiger partial charge >= 0.3 is 0 Å². The van der Waals surface area contributed by atoms with E-state index in [0.29, 0.717) is 12.5 Å². The first-order chi connectivity index (χ1) is 8.56. The van der Waals surface area contributed by atoms with Gasteiger partial charge in [-0.15, -0.1) is 0 Å². The average Bonchev–Trinajstić information content (AvgIpc) is 2.34. The summed E-state index contributed by atoms with van der Waals surface area (Å²) in [5.41, 5.74) is 6.44. The standard InChI is InChI=1S/C14H22N2O2/c1-4-16-12(14(15)17)9-18-13-8-6-5-7-11(13)10(2)3/h5-8,10,12,16H,4,9H2,1-3H3,(H2,15,17). The van der Waals surface area contributed by atoms with Crippen LogP contribution < -0.4 is 15.8 Å². The third kappa shape index (κ3) is 4.04. The SMILES string of the molecule is CCNC(COc1ccccc1C(C)C)C(N)=O. The molecule has 1 rings (SSSR count). The molecule has 0 spiro atoms. The first kappa shape index (κ1) is 14.5. The molecule has 0 aliphatic heterocycles. The molecule has 100 valence electrons. The summed E-state index contributed by atoms with van der Waals surface area (Å²) in [5, 5.41) is 3.00. The second kappa shape index (κ2) is 7.01. The molecule has 1 aromatic rings. The first-order valence-electron chi connectivity index (χ1n) is 6.30. The fourth-order valence-corrected chi connectivity index (χ4v) is 1.75. The monoisotopic (exact) mass is 250 g/mol. The number of likely N-dealkylation sites (N-methyl/N-ethyl adjacent to an activating group) is 1. The summed E-state index contributed by atoms with van der Waals surface area (Å²) in [5.74, 6) is 0.808. The summed E-state index contributed by atoms with van der Waals surface area (Å²) >= 11 is 0. The third-order valence-electron chi connectivity index (χ3n) is 2.74. The van der Waals surface area contributed by atoms with Gasteiger partial charge in [0.2, 0.25) is 5.91 Å². The van der Waals surface area contributed by atoms with Gasteiger partial charge in [-0.1, -0.05) is 39.0 Å². The highest BCUT2D eigenvalue weighted by Crippen LogP contribution is 2.25. The molecule has 0 radical (unpaired) electrons. The number of carbonyl (C=O) groups excluding carboxylic acids is 1. The lowest BCUT2D eigenvalue weighted by Crippen LogP contribution is -2.45. The molecular weight excluding hydrogens is 228 g/mol. The number of benzene rings is 1. The van der Waals surface area contributed by atoms with E-state index in [9.17, 15) is 4.79 Å². The molecule has 0 aliphatic carbocycles. The van der Waals surface area contributed by atoms with Crippen LogP contribution in [-0.2, 0) is 4.79 Å². The van der Waals surface area contributed by atoms with Crippen LogP contribution in [-0.4, -0.2) is 25.1 Å². The first-order valence-corrected chi connectivity index (χ1v) is 6.30. The Hall–Kier alpha value is -1.55. The van der Waals surface area contributed by atoms with Crippen molar-refractivity contribution < 1.29 is 9.53 Å². The van der Waals surface area contributed by atoms with E-state index in [4.69, 9.17) is 10.5 Å². The van der Waals surface area contributed by atoms with Crippen LogP contribution in [0.2, 0.25) is 0 Å². The zero-order valence-corrected chi connectivity index (χ0v) is 11.3. The Balaban J connectivity index is 2.70. The van der Waals surface area contributed by atoms with Gasteiger partial charge in [0.25, 0.3) is 0 Å². The van der Waals surface area contributed by atoms with Gasteiger partial charge < -0.3 is 15.8 Å². The van der Waals surface area contributed by atoms with Crippen molar-refractivity contribution in [3.63, 3.8) is 0 Å². The van der Waals surface area contributed by atoms with Crippen LogP contribution in [0.1, 0.15) is 32.3 Å². The maximum Gasteiger partial charge on any atom is 0.238 e. The summed E-state index contributed by atoms with van der Waals surface area (Å²) in [6.45, 7) is 7.09. The number of hydrogen-bond donors (Lipinski definition) is 2. The van der Waals surface area contributed by atoms with E-state index in [1.165, 1.54) is 0 Å². The summed E-state index contributed by atoms with van der Waals surface area (Å²) < 4.78 is 5.71. The minimum absolute atomic E-state index is 0.257. The summed E-state index contributed by atoms with van der Waals surface area (Å²) in [4.78, 5) is 11.2. The second-order valence-electron chi connectivity index (χ2n) is 4.52. The molecule has 1 aromatic carbocycles. The molecule has 0 saturated carbocycles. The van der Waals surface area contributed by atoms with E-state index in [1.807, 2.05) is 31.2 Å². The van der Waals surface area contributed by atoms with Crippen molar-refractivity contribution in [1.82, 2.24) is 5.32 Å². The van der Waals surface area contributed by atoms with Gasteiger partial charge in [-0.05, 0) is 24.1 Å². The largest absolute Gasteiger partial charge is 0.491 e. The van der Waals surface area contributed by atoms with Gasteiger partial charge in [0.1, 0.15) is 18.4 Å². The predicted octanol–water partition coefficient (Wildman–Crippen LogP) is 1.65. The van der Waals surface area contributed by atoms with Crippen LogP contribution in [0.5, 0.6) is 5.75 Å². The van der Waals surface area contributed by atoms with E-state index < -0.39 is 6.04 Å². The normalized spacial score (nSPS) is 12.4. The fourth-order valence-electron chi connectivity index (χ4n) is 1.75. The number of amides is 1. The molecule has 0 aliphatic rings. The van der Waals surface area contributed by atoms with Crippen LogP contribution in [0.4, 0.5) is 0 Å². The minimum Gasteiger partial charge on any atom is -0.491 e. The van der Waals surface area contributed by atoms with Gasteiger partial charge in [0.15, 0.2) is 0 Å². The Bertz CT molecular complexity index is 391. The van der Waals surface area contributed by atoms with Gasteiger partial charge in [0.05, 0.1) is 0 Å². The highest BCUT2D eigenvalue weighted by Gasteiger charge is 2.15. The van der Waals surface area contributed by atoms with Crippen LogP contribution in [0.3, 0.4) is 0 Å². The van der Waals surface area contributed by atoms with Gasteiger partial charge in [-0.2, -0.15) is 0 Å². The lowest BCUT2D eigenvalue weighted by molar-refractivity contribution is -0.120. The lowest BCUT2D eigenvalue weighted by Gasteiger charge is -2.18. The maximum absolute atomic E-state index is 11.2. The molecule has 4 heteroatoms. The molecule has 4 nitrogen and oxygen atoms in total. The fraction of sp³-hybridized carbons (Fsp3) is 0.500. The maximum atomic E-state index is 11.2. The Morgan fingerprint density at radius 2 is 2.06 bits per heavy atom. The average molecular weight is 250 g/mol. The predicted molar refractivity (Wildman–Crippen MR) is 72.7 cm³/mol. The van der Waals surface area contributed by atoms with Crippen LogP contribution in [0.15, 0.2) is 24.3 Å². The smallest absolute Gasteiger partial charge is 0.238 e.